The Bertz CT molecular complexity index is 1290. The Morgan fingerprint density at radius 1 is 1.06 bits per heavy atom. The lowest BCUT2D eigenvalue weighted by Gasteiger charge is -2.10. The minimum atomic E-state index is -0.679. The number of nitro benzene ring substituents is 2. The zero-order chi connectivity index (χ0) is 22.7. The van der Waals surface area contributed by atoms with Crippen LogP contribution in [0.3, 0.4) is 0 Å². The molecule has 2 heterocycles. The molecule has 0 bridgehead atoms. The third kappa shape index (κ3) is 4.30. The van der Waals surface area contributed by atoms with E-state index in [9.17, 15) is 20.2 Å². The lowest BCUT2D eigenvalue weighted by Crippen LogP contribution is -2.04. The van der Waals surface area contributed by atoms with Crippen LogP contribution < -0.4 is 4.74 Å². The SMILES string of the molecule is COc1cccc(-c2nnc(Sc3ccc([N+](=O)[O-])cc3[N+](=O)[O-])n2Cc2ccco2)c1. The fraction of sp³-hybridized carbons (Fsp3) is 0.100. The summed E-state index contributed by atoms with van der Waals surface area (Å²) in [5.74, 6) is 1.77. The highest BCUT2D eigenvalue weighted by atomic mass is 32.2. The molecular formula is C20H15N5O6S. The molecule has 0 radical (unpaired) electrons. The Kier molecular flexibility index (Phi) is 5.85. The molecule has 0 spiro atoms. The maximum absolute atomic E-state index is 11.5. The Hall–Kier alpha value is -4.19. The zero-order valence-corrected chi connectivity index (χ0v) is 17.4. The van der Waals surface area contributed by atoms with Crippen LogP contribution in [-0.4, -0.2) is 31.7 Å². The molecule has 2 aromatic carbocycles. The van der Waals surface area contributed by atoms with Crippen LogP contribution in [0.5, 0.6) is 5.75 Å². The van der Waals surface area contributed by atoms with Crippen molar-refractivity contribution < 1.29 is 19.0 Å². The van der Waals surface area contributed by atoms with Gasteiger partial charge >= 0.3 is 0 Å². The van der Waals surface area contributed by atoms with Gasteiger partial charge in [-0.25, -0.2) is 0 Å². The van der Waals surface area contributed by atoms with E-state index in [0.717, 1.165) is 23.4 Å². The molecule has 0 saturated heterocycles. The van der Waals surface area contributed by atoms with E-state index in [0.29, 0.717) is 22.5 Å². The summed E-state index contributed by atoms with van der Waals surface area (Å²) < 4.78 is 12.5. The first-order valence-electron chi connectivity index (χ1n) is 9.17. The van der Waals surface area contributed by atoms with Gasteiger partial charge in [-0.3, -0.25) is 24.8 Å². The van der Waals surface area contributed by atoms with Crippen LogP contribution in [-0.2, 0) is 6.54 Å². The van der Waals surface area contributed by atoms with Gasteiger partial charge in [-0.1, -0.05) is 12.1 Å². The van der Waals surface area contributed by atoms with Crippen molar-refractivity contribution in [1.82, 2.24) is 14.8 Å². The van der Waals surface area contributed by atoms with Gasteiger partial charge in [0.2, 0.25) is 0 Å². The summed E-state index contributed by atoms with van der Waals surface area (Å²) >= 11 is 0.989. The lowest BCUT2D eigenvalue weighted by atomic mass is 10.2. The number of non-ortho nitro benzene ring substituents is 1. The molecule has 0 amide bonds. The van der Waals surface area contributed by atoms with E-state index in [1.165, 1.54) is 12.1 Å². The molecule has 2 aromatic heterocycles. The third-order valence-electron chi connectivity index (χ3n) is 4.49. The molecule has 0 N–H and O–H groups in total. The Morgan fingerprint density at radius 3 is 2.59 bits per heavy atom. The van der Waals surface area contributed by atoms with Crippen LogP contribution in [0, 0.1) is 20.2 Å². The van der Waals surface area contributed by atoms with Gasteiger partial charge in [0.05, 0.1) is 40.7 Å². The molecule has 4 rings (SSSR count). The molecular weight excluding hydrogens is 438 g/mol. The number of methoxy groups -OCH3 is 1. The predicted octanol–water partition coefficient (Wildman–Crippen LogP) is 4.56. The maximum Gasteiger partial charge on any atom is 0.290 e. The van der Waals surface area contributed by atoms with E-state index in [4.69, 9.17) is 9.15 Å². The number of aromatic nitrogens is 3. The normalized spacial score (nSPS) is 10.8. The third-order valence-corrected chi connectivity index (χ3v) is 5.54. The summed E-state index contributed by atoms with van der Waals surface area (Å²) in [6.07, 6.45) is 1.54. The van der Waals surface area contributed by atoms with Crippen LogP contribution in [0.1, 0.15) is 5.76 Å². The fourth-order valence-electron chi connectivity index (χ4n) is 2.99. The minimum absolute atomic E-state index is 0.200. The average Bonchev–Trinajstić information content (AvgIpc) is 3.44. The quantitative estimate of drug-likeness (QED) is 0.277. The van der Waals surface area contributed by atoms with Gasteiger partial charge in [0.15, 0.2) is 11.0 Å². The van der Waals surface area contributed by atoms with E-state index in [1.807, 2.05) is 12.1 Å². The molecule has 11 nitrogen and oxygen atoms in total. The number of furan rings is 1. The first kappa shape index (κ1) is 21.1. The molecule has 0 fully saturated rings. The van der Waals surface area contributed by atoms with E-state index < -0.39 is 9.85 Å². The van der Waals surface area contributed by atoms with Crippen molar-refractivity contribution in [2.75, 3.05) is 7.11 Å². The number of rotatable bonds is 8. The molecule has 0 aliphatic carbocycles. The van der Waals surface area contributed by atoms with Crippen molar-refractivity contribution in [2.45, 2.75) is 16.6 Å². The summed E-state index contributed by atoms with van der Waals surface area (Å²) in [6, 6.07) is 14.3. The number of nitro groups is 2. The van der Waals surface area contributed by atoms with Crippen molar-refractivity contribution in [1.29, 1.82) is 0 Å². The molecule has 32 heavy (non-hydrogen) atoms. The van der Waals surface area contributed by atoms with Crippen molar-refractivity contribution in [3.63, 3.8) is 0 Å². The van der Waals surface area contributed by atoms with Crippen molar-refractivity contribution >= 4 is 23.1 Å². The molecule has 4 aromatic rings. The molecule has 0 aliphatic heterocycles. The zero-order valence-electron chi connectivity index (χ0n) is 16.6. The number of benzene rings is 2. The topological polar surface area (TPSA) is 139 Å². The van der Waals surface area contributed by atoms with Gasteiger partial charge in [0.1, 0.15) is 11.5 Å². The monoisotopic (exact) mass is 453 g/mol. The first-order chi connectivity index (χ1) is 15.5. The second-order valence-corrected chi connectivity index (χ2v) is 7.48. The smallest absolute Gasteiger partial charge is 0.290 e. The number of nitrogens with zero attached hydrogens (tertiary/aromatic N) is 5. The summed E-state index contributed by atoms with van der Waals surface area (Å²) in [6.45, 7) is 0.273. The standard InChI is InChI=1S/C20H15N5O6S/c1-30-15-5-2-4-13(10-15)19-21-22-20(23(19)12-16-6-3-9-31-16)32-18-8-7-14(24(26)27)11-17(18)25(28)29/h2-11H,12H2,1H3. The van der Waals surface area contributed by atoms with Crippen molar-refractivity contribution in [3.05, 3.63) is 86.8 Å². The van der Waals surface area contributed by atoms with Crippen LogP contribution in [0.15, 0.2) is 75.3 Å². The Balaban J connectivity index is 1.78. The van der Waals surface area contributed by atoms with Crippen molar-refractivity contribution in [3.8, 4) is 17.1 Å². The van der Waals surface area contributed by atoms with Gasteiger partial charge in [-0.05, 0) is 42.1 Å². The Morgan fingerprint density at radius 2 is 1.91 bits per heavy atom. The average molecular weight is 453 g/mol. The summed E-state index contributed by atoms with van der Waals surface area (Å²) in [7, 11) is 1.56. The summed E-state index contributed by atoms with van der Waals surface area (Å²) in [4.78, 5) is 21.4. The second-order valence-electron chi connectivity index (χ2n) is 6.47. The predicted molar refractivity (Wildman–Crippen MR) is 114 cm³/mol. The molecule has 0 unspecified atom stereocenters. The largest absolute Gasteiger partial charge is 0.497 e. The van der Waals surface area contributed by atoms with Crippen molar-refractivity contribution in [2.24, 2.45) is 0 Å². The number of ether oxygens (including phenoxy) is 1. The van der Waals surface area contributed by atoms with Gasteiger partial charge < -0.3 is 9.15 Å². The summed E-state index contributed by atoms with van der Waals surface area (Å²) in [5.41, 5.74) is -0.0247. The molecule has 0 aliphatic rings. The van der Waals surface area contributed by atoms with E-state index in [2.05, 4.69) is 10.2 Å². The fourth-order valence-corrected chi connectivity index (χ4v) is 3.90. The van der Waals surface area contributed by atoms with Crippen LogP contribution in [0.2, 0.25) is 0 Å². The number of hydrogen-bond acceptors (Lipinski definition) is 9. The maximum atomic E-state index is 11.5. The van der Waals surface area contributed by atoms with Gasteiger partial charge in [-0.15, -0.1) is 10.2 Å². The van der Waals surface area contributed by atoms with E-state index in [-0.39, 0.29) is 22.8 Å². The minimum Gasteiger partial charge on any atom is -0.497 e. The molecule has 162 valence electrons. The van der Waals surface area contributed by atoms with Gasteiger partial charge in [0, 0.05) is 11.6 Å². The molecule has 0 saturated carbocycles. The van der Waals surface area contributed by atoms with Gasteiger partial charge in [-0.2, -0.15) is 0 Å². The Labute approximate surface area is 184 Å². The highest BCUT2D eigenvalue weighted by Crippen LogP contribution is 2.37. The summed E-state index contributed by atoms with van der Waals surface area (Å²) in [5, 5.41) is 31.4. The highest BCUT2D eigenvalue weighted by Gasteiger charge is 2.24. The van der Waals surface area contributed by atoms with Crippen LogP contribution in [0.25, 0.3) is 11.4 Å². The van der Waals surface area contributed by atoms with Crippen LogP contribution in [0.4, 0.5) is 11.4 Å². The second kappa shape index (κ2) is 8.89. The first-order valence-corrected chi connectivity index (χ1v) is 9.98. The highest BCUT2D eigenvalue weighted by molar-refractivity contribution is 7.99. The van der Waals surface area contributed by atoms with Gasteiger partial charge in [0.25, 0.3) is 11.4 Å². The van der Waals surface area contributed by atoms with E-state index in [1.54, 1.807) is 42.2 Å². The van der Waals surface area contributed by atoms with E-state index >= 15 is 0 Å². The number of hydrogen-bond donors (Lipinski definition) is 0. The molecule has 0 atom stereocenters. The van der Waals surface area contributed by atoms with Crippen LogP contribution >= 0.6 is 11.8 Å². The lowest BCUT2D eigenvalue weighted by molar-refractivity contribution is -0.396. The molecule has 12 heteroatoms.